The Morgan fingerprint density at radius 2 is 1.71 bits per heavy atom. The maximum absolute atomic E-state index is 6.00. The number of nitrogens with two attached hydrogens (primary N) is 1. The highest BCUT2D eigenvalue weighted by atomic mass is 35.5. The van der Waals surface area contributed by atoms with E-state index < -0.39 is 0 Å². The Morgan fingerprint density at radius 1 is 1.10 bits per heavy atom. The molecular weight excluding hydrogens is 300 g/mol. The van der Waals surface area contributed by atoms with Crippen molar-refractivity contribution in [2.24, 2.45) is 5.73 Å². The summed E-state index contributed by atoms with van der Waals surface area (Å²) in [5.74, 6) is 0.557. The lowest BCUT2D eigenvalue weighted by molar-refractivity contribution is 0.244. The van der Waals surface area contributed by atoms with Crippen LogP contribution < -0.4 is 5.73 Å². The molecule has 1 aromatic carbocycles. The summed E-state index contributed by atoms with van der Waals surface area (Å²) in [5, 5.41) is 0. The Kier molecular flexibility index (Phi) is 5.82. The zero-order chi connectivity index (χ0) is 15.4. The molecule has 0 saturated carbocycles. The van der Waals surface area contributed by atoms with Crippen molar-refractivity contribution < 1.29 is 0 Å². The molecule has 1 aromatic heterocycles. The maximum atomic E-state index is 6.00. The van der Waals surface area contributed by atoms with Gasteiger partial charge in [0, 0.05) is 24.0 Å². The number of halogens is 1. The minimum Gasteiger partial charge on any atom is -0.329 e. The fraction of sp³-hybridized carbons (Fsp3) is 0.412. The second kappa shape index (κ2) is 7.41. The Morgan fingerprint density at radius 3 is 2.19 bits per heavy atom. The SMILES string of the molecule is CC(C)c1ccc(C(CN)N(C)Cc2ccc(Cl)s2)cc1. The molecule has 0 radical (unpaired) electrons. The molecule has 0 aliphatic rings. The largest absolute Gasteiger partial charge is 0.329 e. The number of benzene rings is 1. The van der Waals surface area contributed by atoms with Gasteiger partial charge in [0.05, 0.1) is 4.34 Å². The summed E-state index contributed by atoms with van der Waals surface area (Å²) in [6.45, 7) is 5.89. The average molecular weight is 323 g/mol. The number of nitrogens with zero attached hydrogens (tertiary/aromatic N) is 1. The Hall–Kier alpha value is -0.870. The molecule has 21 heavy (non-hydrogen) atoms. The molecule has 2 aromatic rings. The predicted molar refractivity (Wildman–Crippen MR) is 93.1 cm³/mol. The molecule has 0 spiro atoms. The van der Waals surface area contributed by atoms with E-state index in [1.165, 1.54) is 16.0 Å². The molecule has 1 unspecified atom stereocenters. The summed E-state index contributed by atoms with van der Waals surface area (Å²) in [4.78, 5) is 3.55. The molecule has 4 heteroatoms. The second-order valence-electron chi connectivity index (χ2n) is 5.69. The van der Waals surface area contributed by atoms with Crippen molar-refractivity contribution in [2.45, 2.75) is 32.4 Å². The van der Waals surface area contributed by atoms with Gasteiger partial charge in [-0.2, -0.15) is 0 Å². The normalized spacial score (nSPS) is 13.1. The van der Waals surface area contributed by atoms with Gasteiger partial charge >= 0.3 is 0 Å². The summed E-state index contributed by atoms with van der Waals surface area (Å²) in [7, 11) is 2.11. The molecule has 0 bridgehead atoms. The maximum Gasteiger partial charge on any atom is 0.0931 e. The van der Waals surface area contributed by atoms with Gasteiger partial charge in [-0.1, -0.05) is 49.7 Å². The van der Waals surface area contributed by atoms with Gasteiger partial charge in [-0.15, -0.1) is 11.3 Å². The molecule has 0 amide bonds. The highest BCUT2D eigenvalue weighted by Gasteiger charge is 2.16. The van der Waals surface area contributed by atoms with Crippen molar-refractivity contribution in [3.05, 3.63) is 56.7 Å². The molecule has 2 nitrogen and oxygen atoms in total. The van der Waals surface area contributed by atoms with Crippen LogP contribution >= 0.6 is 22.9 Å². The van der Waals surface area contributed by atoms with E-state index in [4.69, 9.17) is 17.3 Å². The van der Waals surface area contributed by atoms with E-state index in [-0.39, 0.29) is 6.04 Å². The predicted octanol–water partition coefficient (Wildman–Crippen LogP) is 4.66. The van der Waals surface area contributed by atoms with Crippen molar-refractivity contribution in [1.82, 2.24) is 4.90 Å². The van der Waals surface area contributed by atoms with Crippen LogP contribution in [0.4, 0.5) is 0 Å². The lowest BCUT2D eigenvalue weighted by Gasteiger charge is -2.27. The standard InChI is InChI=1S/C17H23ClN2S/c1-12(2)13-4-6-14(7-5-13)16(10-19)20(3)11-15-8-9-17(18)21-15/h4-9,12,16H,10-11,19H2,1-3H3. The molecule has 2 rings (SSSR count). The minimum atomic E-state index is 0.229. The van der Waals surface area contributed by atoms with Crippen molar-refractivity contribution in [2.75, 3.05) is 13.6 Å². The van der Waals surface area contributed by atoms with E-state index in [2.05, 4.69) is 56.1 Å². The third-order valence-corrected chi connectivity index (χ3v) is 4.99. The minimum absolute atomic E-state index is 0.229. The summed E-state index contributed by atoms with van der Waals surface area (Å²) in [6, 6.07) is 13.1. The van der Waals surface area contributed by atoms with Gasteiger partial charge in [0.1, 0.15) is 0 Å². The summed E-state index contributed by atoms with van der Waals surface area (Å²) >= 11 is 7.63. The lowest BCUT2D eigenvalue weighted by Crippen LogP contribution is -2.29. The van der Waals surface area contributed by atoms with Gasteiger partial charge in [0.15, 0.2) is 0 Å². The molecular formula is C17H23ClN2S. The van der Waals surface area contributed by atoms with E-state index in [0.29, 0.717) is 12.5 Å². The number of rotatable bonds is 6. The van der Waals surface area contributed by atoms with E-state index in [9.17, 15) is 0 Å². The number of thiophene rings is 1. The van der Waals surface area contributed by atoms with Gasteiger partial charge in [0.25, 0.3) is 0 Å². The van der Waals surface area contributed by atoms with Crippen LogP contribution in [-0.2, 0) is 6.54 Å². The van der Waals surface area contributed by atoms with Gasteiger partial charge < -0.3 is 5.73 Å². The Bertz CT molecular complexity index is 562. The summed E-state index contributed by atoms with van der Waals surface area (Å²) in [5.41, 5.74) is 8.63. The van der Waals surface area contributed by atoms with Crippen molar-refractivity contribution >= 4 is 22.9 Å². The zero-order valence-corrected chi connectivity index (χ0v) is 14.4. The monoisotopic (exact) mass is 322 g/mol. The van der Waals surface area contributed by atoms with Crippen LogP contribution in [0, 0.1) is 0 Å². The lowest BCUT2D eigenvalue weighted by atomic mass is 9.98. The van der Waals surface area contributed by atoms with Gasteiger partial charge in [0.2, 0.25) is 0 Å². The topological polar surface area (TPSA) is 29.3 Å². The van der Waals surface area contributed by atoms with Crippen LogP contribution in [0.1, 0.15) is 41.8 Å². The van der Waals surface area contributed by atoms with Crippen LogP contribution in [0.2, 0.25) is 4.34 Å². The van der Waals surface area contributed by atoms with Gasteiger partial charge in [-0.05, 0) is 36.2 Å². The molecule has 2 N–H and O–H groups in total. The highest BCUT2D eigenvalue weighted by molar-refractivity contribution is 7.16. The first-order valence-corrected chi connectivity index (χ1v) is 8.45. The quantitative estimate of drug-likeness (QED) is 0.838. The summed E-state index contributed by atoms with van der Waals surface area (Å²) in [6.07, 6.45) is 0. The van der Waals surface area contributed by atoms with Crippen LogP contribution in [0.5, 0.6) is 0 Å². The average Bonchev–Trinajstić information content (AvgIpc) is 2.85. The van der Waals surface area contributed by atoms with Gasteiger partial charge in [-0.3, -0.25) is 4.90 Å². The van der Waals surface area contributed by atoms with Gasteiger partial charge in [-0.25, -0.2) is 0 Å². The summed E-state index contributed by atoms with van der Waals surface area (Å²) < 4.78 is 0.837. The molecule has 1 atom stereocenters. The third kappa shape index (κ3) is 4.30. The van der Waals surface area contributed by atoms with E-state index >= 15 is 0 Å². The number of hydrogen-bond acceptors (Lipinski definition) is 3. The molecule has 1 heterocycles. The molecule has 0 aliphatic carbocycles. The molecule has 0 aliphatic heterocycles. The van der Waals surface area contributed by atoms with Crippen LogP contribution in [0.25, 0.3) is 0 Å². The first-order valence-electron chi connectivity index (χ1n) is 7.25. The zero-order valence-electron chi connectivity index (χ0n) is 12.8. The molecule has 0 fully saturated rings. The van der Waals surface area contributed by atoms with Crippen LogP contribution in [0.15, 0.2) is 36.4 Å². The fourth-order valence-electron chi connectivity index (χ4n) is 2.47. The van der Waals surface area contributed by atoms with E-state index in [0.717, 1.165) is 10.9 Å². The first-order chi connectivity index (χ1) is 10.0. The molecule has 0 saturated heterocycles. The Labute approximate surface area is 136 Å². The van der Waals surface area contributed by atoms with Crippen molar-refractivity contribution in [3.63, 3.8) is 0 Å². The smallest absolute Gasteiger partial charge is 0.0931 e. The van der Waals surface area contributed by atoms with Crippen molar-refractivity contribution in [1.29, 1.82) is 0 Å². The Balaban J connectivity index is 2.10. The highest BCUT2D eigenvalue weighted by Crippen LogP contribution is 2.26. The van der Waals surface area contributed by atoms with Crippen molar-refractivity contribution in [3.8, 4) is 0 Å². The molecule has 114 valence electrons. The number of hydrogen-bond donors (Lipinski definition) is 1. The fourth-order valence-corrected chi connectivity index (χ4v) is 3.62. The number of likely N-dealkylation sites (N-methyl/N-ethyl adjacent to an activating group) is 1. The van der Waals surface area contributed by atoms with Crippen LogP contribution in [0.3, 0.4) is 0 Å². The second-order valence-corrected chi connectivity index (χ2v) is 7.49. The third-order valence-electron chi connectivity index (χ3n) is 3.78. The van der Waals surface area contributed by atoms with Crippen LogP contribution in [-0.4, -0.2) is 18.5 Å². The van der Waals surface area contributed by atoms with E-state index in [1.54, 1.807) is 11.3 Å². The van der Waals surface area contributed by atoms with E-state index in [1.807, 2.05) is 6.07 Å². The first kappa shape index (κ1) is 16.5.